The van der Waals surface area contributed by atoms with Crippen LogP contribution in [0.2, 0.25) is 0 Å². The van der Waals surface area contributed by atoms with Crippen molar-refractivity contribution >= 4 is 26.9 Å². The van der Waals surface area contributed by atoms with Gasteiger partial charge in [0.15, 0.2) is 15.6 Å². The molecule has 3 aromatic rings. The van der Waals surface area contributed by atoms with Crippen molar-refractivity contribution in [2.75, 3.05) is 11.5 Å². The molecule has 1 aliphatic rings. The molecule has 0 radical (unpaired) electrons. The van der Waals surface area contributed by atoms with Crippen LogP contribution in [0.3, 0.4) is 0 Å². The summed E-state index contributed by atoms with van der Waals surface area (Å²) in [5.41, 5.74) is 8.20. The Morgan fingerprint density at radius 3 is 2.52 bits per heavy atom. The number of carbonyl (C=O) groups is 1. The lowest BCUT2D eigenvalue weighted by atomic mass is 9.95. The number of Topliss-reactive ketones (excluding diaryl/α,β-unsaturated/α-hetero) is 1. The Balaban J connectivity index is 1.71. The van der Waals surface area contributed by atoms with Gasteiger partial charge in [-0.3, -0.25) is 9.78 Å². The lowest BCUT2D eigenvalue weighted by molar-refractivity contribution is 0.104. The maximum Gasteiger partial charge on any atom is 0.199 e. The zero-order chi connectivity index (χ0) is 23.8. The van der Waals surface area contributed by atoms with Crippen LogP contribution in [0.4, 0.5) is 14.5 Å². The Hall–Kier alpha value is -3.39. The molecule has 1 aliphatic carbocycles. The summed E-state index contributed by atoms with van der Waals surface area (Å²) in [5, 5.41) is 0. The highest BCUT2D eigenvalue weighted by atomic mass is 32.2. The number of benzene rings is 2. The van der Waals surface area contributed by atoms with E-state index in [-0.39, 0.29) is 16.9 Å². The number of hydrogen-bond acceptors (Lipinski definition) is 5. The number of allylic oxidation sites excluding steroid dienone is 2. The van der Waals surface area contributed by atoms with Crippen LogP contribution in [0.5, 0.6) is 0 Å². The lowest BCUT2D eigenvalue weighted by Gasteiger charge is -2.12. The molecule has 170 valence electrons. The van der Waals surface area contributed by atoms with E-state index in [2.05, 4.69) is 4.98 Å². The molecule has 4 rings (SSSR count). The first-order valence-electron chi connectivity index (χ1n) is 10.5. The third kappa shape index (κ3) is 4.57. The third-order valence-corrected chi connectivity index (χ3v) is 7.32. The van der Waals surface area contributed by atoms with E-state index in [1.165, 1.54) is 0 Å². The second-order valence-corrected chi connectivity index (χ2v) is 10.2. The Morgan fingerprint density at radius 1 is 1.09 bits per heavy atom. The van der Waals surface area contributed by atoms with Crippen molar-refractivity contribution < 1.29 is 22.0 Å². The van der Waals surface area contributed by atoms with Crippen molar-refractivity contribution in [3.05, 3.63) is 88.8 Å². The number of carbonyl (C=O) groups excluding carboxylic acids is 1. The summed E-state index contributed by atoms with van der Waals surface area (Å²) in [5.74, 6) is -3.73. The molecule has 33 heavy (non-hydrogen) atoms. The van der Waals surface area contributed by atoms with Gasteiger partial charge in [0, 0.05) is 40.6 Å². The molecule has 0 aliphatic heterocycles. The van der Waals surface area contributed by atoms with Gasteiger partial charge in [-0.1, -0.05) is 31.2 Å². The van der Waals surface area contributed by atoms with Crippen LogP contribution in [-0.2, 0) is 22.0 Å². The first kappa shape index (κ1) is 22.8. The van der Waals surface area contributed by atoms with E-state index < -0.39 is 38.6 Å². The van der Waals surface area contributed by atoms with Crippen LogP contribution in [0.25, 0.3) is 16.7 Å². The van der Waals surface area contributed by atoms with Crippen LogP contribution >= 0.6 is 0 Å². The van der Waals surface area contributed by atoms with Gasteiger partial charge in [-0.2, -0.15) is 0 Å². The van der Waals surface area contributed by atoms with Gasteiger partial charge in [0.25, 0.3) is 0 Å². The number of ketones is 1. The number of sulfone groups is 1. The molecule has 8 heteroatoms. The number of fused-ring (bicyclic) bond motifs is 1. The Kier molecular flexibility index (Phi) is 6.12. The predicted octanol–water partition coefficient (Wildman–Crippen LogP) is 4.76. The zero-order valence-electron chi connectivity index (χ0n) is 17.9. The van der Waals surface area contributed by atoms with Crippen molar-refractivity contribution in [3.63, 3.8) is 0 Å². The number of rotatable bonds is 7. The van der Waals surface area contributed by atoms with E-state index in [1.807, 2.05) is 12.1 Å². The van der Waals surface area contributed by atoms with Crippen molar-refractivity contribution in [3.8, 4) is 11.1 Å². The van der Waals surface area contributed by atoms with Gasteiger partial charge in [0.05, 0.1) is 22.8 Å². The molecule has 2 N–H and O–H groups in total. The van der Waals surface area contributed by atoms with E-state index in [0.717, 1.165) is 23.3 Å². The first-order valence-corrected chi connectivity index (χ1v) is 12.3. The van der Waals surface area contributed by atoms with Gasteiger partial charge in [-0.25, -0.2) is 17.2 Å². The van der Waals surface area contributed by atoms with Gasteiger partial charge in [-0.15, -0.1) is 0 Å². The van der Waals surface area contributed by atoms with E-state index in [4.69, 9.17) is 5.73 Å². The van der Waals surface area contributed by atoms with Crippen LogP contribution in [-0.4, -0.2) is 24.9 Å². The normalized spacial score (nSPS) is 13.0. The molecule has 1 aromatic heterocycles. The summed E-state index contributed by atoms with van der Waals surface area (Å²) in [6, 6.07) is 10.9. The highest BCUT2D eigenvalue weighted by Crippen LogP contribution is 2.34. The molecule has 5 nitrogen and oxygen atoms in total. The number of hydrogen-bond donors (Lipinski definition) is 1. The Morgan fingerprint density at radius 2 is 1.82 bits per heavy atom. The molecule has 0 bridgehead atoms. The Bertz CT molecular complexity index is 1380. The summed E-state index contributed by atoms with van der Waals surface area (Å²) in [7, 11) is -3.58. The topological polar surface area (TPSA) is 90.1 Å². The monoisotopic (exact) mass is 468 g/mol. The number of nitrogen functional groups attached to an aromatic ring is 1. The van der Waals surface area contributed by atoms with E-state index >= 15 is 4.39 Å². The van der Waals surface area contributed by atoms with Gasteiger partial charge >= 0.3 is 0 Å². The number of aromatic nitrogens is 1. The molecule has 0 saturated carbocycles. The van der Waals surface area contributed by atoms with Gasteiger partial charge in [-0.05, 0) is 36.2 Å². The van der Waals surface area contributed by atoms with E-state index in [0.29, 0.717) is 29.8 Å². The molecular weight excluding hydrogens is 446 g/mol. The lowest BCUT2D eigenvalue weighted by Crippen LogP contribution is -2.14. The zero-order valence-corrected chi connectivity index (χ0v) is 18.8. The van der Waals surface area contributed by atoms with Crippen LogP contribution in [0.1, 0.15) is 40.5 Å². The van der Waals surface area contributed by atoms with E-state index in [9.17, 15) is 17.6 Å². The van der Waals surface area contributed by atoms with E-state index in [1.54, 1.807) is 37.4 Å². The molecule has 1 heterocycles. The minimum atomic E-state index is -3.58. The molecule has 2 aromatic carbocycles. The van der Waals surface area contributed by atoms with Crippen molar-refractivity contribution in [2.24, 2.45) is 0 Å². The summed E-state index contributed by atoms with van der Waals surface area (Å²) in [6.07, 6.45) is 3.99. The summed E-state index contributed by atoms with van der Waals surface area (Å²) in [6.45, 7) is 1.70. The average Bonchev–Trinajstić information content (AvgIpc) is 3.19. The van der Waals surface area contributed by atoms with Crippen molar-refractivity contribution in [2.45, 2.75) is 25.5 Å². The van der Waals surface area contributed by atoms with Gasteiger partial charge in [0.2, 0.25) is 0 Å². The van der Waals surface area contributed by atoms with Crippen molar-refractivity contribution in [1.29, 1.82) is 0 Å². The fourth-order valence-corrected chi connectivity index (χ4v) is 5.38. The highest BCUT2D eigenvalue weighted by molar-refractivity contribution is 7.90. The van der Waals surface area contributed by atoms with Gasteiger partial charge < -0.3 is 5.73 Å². The number of nitrogens with zero attached hydrogens (tertiary/aromatic N) is 1. The number of anilines is 1. The highest BCUT2D eigenvalue weighted by Gasteiger charge is 2.29. The second kappa shape index (κ2) is 8.86. The number of pyridine rings is 1. The smallest absolute Gasteiger partial charge is 0.199 e. The molecule has 0 amide bonds. The molecule has 0 unspecified atom stereocenters. The molecular formula is C25H22F2N2O3S. The predicted molar refractivity (Wildman–Crippen MR) is 124 cm³/mol. The quantitative estimate of drug-likeness (QED) is 0.399. The summed E-state index contributed by atoms with van der Waals surface area (Å²) in [4.78, 5) is 17.7. The standard InChI is InChI=1S/C25H22F2N2O3S/c1-2-11-33(31,32)14-16-5-9-21(26)23(24(16)27)25(30)19-8-10-22-20(19)12-17(13-29-22)15-3-6-18(28)7-4-15/h3-9,12-13H,2,10-11,14,28H2,1H3. The van der Waals surface area contributed by atoms with Crippen molar-refractivity contribution in [1.82, 2.24) is 4.98 Å². The molecule has 0 saturated heterocycles. The molecule has 0 fully saturated rings. The van der Waals surface area contributed by atoms with Crippen LogP contribution in [0, 0.1) is 11.6 Å². The number of nitrogens with two attached hydrogens (primary N) is 1. The minimum absolute atomic E-state index is 0.120. The first-order chi connectivity index (χ1) is 15.7. The SMILES string of the molecule is CCCS(=O)(=O)Cc1ccc(F)c(C(=O)C2=CCc3ncc(-c4ccc(N)cc4)cc32)c1F. The fourth-order valence-electron chi connectivity index (χ4n) is 3.92. The third-order valence-electron chi connectivity index (χ3n) is 5.54. The maximum absolute atomic E-state index is 15.2. The summed E-state index contributed by atoms with van der Waals surface area (Å²) >= 11 is 0. The molecule has 0 spiro atoms. The average molecular weight is 469 g/mol. The Labute approximate surface area is 190 Å². The fraction of sp³-hybridized carbons (Fsp3) is 0.200. The second-order valence-electron chi connectivity index (χ2n) is 7.98. The molecule has 0 atom stereocenters. The summed E-state index contributed by atoms with van der Waals surface area (Å²) < 4.78 is 54.1. The van der Waals surface area contributed by atoms with Crippen LogP contribution < -0.4 is 5.73 Å². The maximum atomic E-state index is 15.2. The minimum Gasteiger partial charge on any atom is -0.399 e. The van der Waals surface area contributed by atoms with Crippen LogP contribution in [0.15, 0.2) is 54.7 Å². The number of halogens is 2. The largest absolute Gasteiger partial charge is 0.399 e. The van der Waals surface area contributed by atoms with Gasteiger partial charge in [0.1, 0.15) is 11.6 Å².